The first kappa shape index (κ1) is 24.4. The van der Waals surface area contributed by atoms with Crippen LogP contribution in [-0.2, 0) is 20.8 Å². The third-order valence-corrected chi connectivity index (χ3v) is 6.15. The summed E-state index contributed by atoms with van der Waals surface area (Å²) in [5.74, 6) is -0.621. The van der Waals surface area contributed by atoms with E-state index in [1.807, 2.05) is 52.0 Å². The van der Waals surface area contributed by atoms with Crippen molar-refractivity contribution in [2.24, 2.45) is 5.92 Å². The molecular weight excluding hydrogens is 418 g/mol. The van der Waals surface area contributed by atoms with Crippen LogP contribution < -0.4 is 20.9 Å². The molecule has 8 nitrogen and oxygen atoms in total. The van der Waals surface area contributed by atoms with Crippen LogP contribution in [-0.4, -0.2) is 47.9 Å². The first-order valence-electron chi connectivity index (χ1n) is 11.3. The van der Waals surface area contributed by atoms with Gasteiger partial charge in [-0.05, 0) is 56.5 Å². The smallest absolute Gasteiger partial charge is 0.251 e. The summed E-state index contributed by atoms with van der Waals surface area (Å²) in [4.78, 5) is 45.6. The highest BCUT2D eigenvalue weighted by atomic mass is 16.2. The number of benzene rings is 1. The Hall–Kier alpha value is -3.26. The highest BCUT2D eigenvalue weighted by Crippen LogP contribution is 2.32. The maximum absolute atomic E-state index is 13.8. The number of hydrogen-bond donors (Lipinski definition) is 3. The van der Waals surface area contributed by atoms with Gasteiger partial charge in [0.1, 0.15) is 17.9 Å². The van der Waals surface area contributed by atoms with E-state index in [9.17, 15) is 14.4 Å². The van der Waals surface area contributed by atoms with Crippen LogP contribution in [0, 0.1) is 19.8 Å². The molecule has 1 aromatic heterocycles. The molecule has 0 saturated carbocycles. The van der Waals surface area contributed by atoms with Gasteiger partial charge in [0, 0.05) is 18.3 Å². The summed E-state index contributed by atoms with van der Waals surface area (Å²) in [5.41, 5.74) is 3.46. The molecule has 8 heteroatoms. The summed E-state index contributed by atoms with van der Waals surface area (Å²) in [6.07, 6.45) is 1.97. The lowest BCUT2D eigenvalue weighted by Gasteiger charge is -2.31. The molecule has 0 spiro atoms. The van der Waals surface area contributed by atoms with E-state index in [1.54, 1.807) is 26.2 Å². The van der Waals surface area contributed by atoms with Gasteiger partial charge in [-0.25, -0.2) is 4.98 Å². The summed E-state index contributed by atoms with van der Waals surface area (Å²) in [7, 11) is 1.69. The monoisotopic (exact) mass is 451 g/mol. The first-order chi connectivity index (χ1) is 15.6. The zero-order valence-corrected chi connectivity index (χ0v) is 20.1. The van der Waals surface area contributed by atoms with Crippen molar-refractivity contribution in [1.82, 2.24) is 15.6 Å². The third kappa shape index (κ3) is 5.06. The number of likely N-dealkylation sites (N-methyl/N-ethyl adjacent to an activating group) is 1. The van der Waals surface area contributed by atoms with E-state index >= 15 is 0 Å². The second-order valence-electron chi connectivity index (χ2n) is 8.91. The molecule has 176 valence electrons. The molecule has 0 aliphatic carbocycles. The van der Waals surface area contributed by atoms with E-state index in [0.29, 0.717) is 12.2 Å². The van der Waals surface area contributed by atoms with Crippen LogP contribution in [0.3, 0.4) is 0 Å². The van der Waals surface area contributed by atoms with E-state index in [2.05, 4.69) is 20.9 Å². The first-order valence-corrected chi connectivity index (χ1v) is 11.3. The highest BCUT2D eigenvalue weighted by molar-refractivity contribution is 6.09. The number of nitrogens with zero attached hydrogens (tertiary/aromatic N) is 2. The number of nitrogens with one attached hydrogen (secondary N) is 3. The van der Waals surface area contributed by atoms with E-state index in [4.69, 9.17) is 0 Å². The predicted molar refractivity (Wildman–Crippen MR) is 129 cm³/mol. The third-order valence-electron chi connectivity index (χ3n) is 6.15. The Morgan fingerprint density at radius 2 is 1.73 bits per heavy atom. The van der Waals surface area contributed by atoms with Crippen molar-refractivity contribution in [3.63, 3.8) is 0 Å². The van der Waals surface area contributed by atoms with Crippen molar-refractivity contribution in [2.45, 2.75) is 59.2 Å². The fourth-order valence-electron chi connectivity index (χ4n) is 4.01. The summed E-state index contributed by atoms with van der Waals surface area (Å²) >= 11 is 0. The summed E-state index contributed by atoms with van der Waals surface area (Å²) in [5, 5.41) is 8.75. The van der Waals surface area contributed by atoms with Gasteiger partial charge < -0.3 is 16.0 Å². The summed E-state index contributed by atoms with van der Waals surface area (Å²) in [6.45, 7) is 9.33. The molecule has 1 aromatic carbocycles. The maximum atomic E-state index is 13.8. The number of carbonyl (C=O) groups is 3. The van der Waals surface area contributed by atoms with Crippen LogP contribution in [0.5, 0.6) is 0 Å². The maximum Gasteiger partial charge on any atom is 0.251 e. The lowest BCUT2D eigenvalue weighted by atomic mass is 10.0. The number of amides is 3. The van der Waals surface area contributed by atoms with Gasteiger partial charge in [-0.15, -0.1) is 0 Å². The number of hydrogen-bond acceptors (Lipinski definition) is 5. The molecule has 3 atom stereocenters. The van der Waals surface area contributed by atoms with Crippen LogP contribution >= 0.6 is 0 Å². The molecule has 1 aliphatic rings. The van der Waals surface area contributed by atoms with Crippen molar-refractivity contribution in [3.8, 4) is 0 Å². The zero-order valence-electron chi connectivity index (χ0n) is 20.1. The number of anilines is 2. The Labute approximate surface area is 195 Å². The molecule has 3 N–H and O–H groups in total. The quantitative estimate of drug-likeness (QED) is 0.600. The largest absolute Gasteiger partial charge is 0.343 e. The van der Waals surface area contributed by atoms with Gasteiger partial charge in [0.05, 0.1) is 6.04 Å². The number of para-hydroxylation sites is 1. The second-order valence-corrected chi connectivity index (χ2v) is 8.91. The van der Waals surface area contributed by atoms with E-state index in [1.165, 1.54) is 4.90 Å². The molecule has 2 heterocycles. The molecule has 2 aromatic rings. The van der Waals surface area contributed by atoms with Crippen molar-refractivity contribution in [2.75, 3.05) is 17.3 Å². The highest BCUT2D eigenvalue weighted by Gasteiger charge is 2.43. The number of rotatable bonds is 7. The topological polar surface area (TPSA) is 103 Å². The van der Waals surface area contributed by atoms with Gasteiger partial charge in [-0.1, -0.05) is 38.1 Å². The van der Waals surface area contributed by atoms with Crippen molar-refractivity contribution in [3.05, 3.63) is 53.2 Å². The summed E-state index contributed by atoms with van der Waals surface area (Å²) < 4.78 is 0. The minimum absolute atomic E-state index is 0.180. The van der Waals surface area contributed by atoms with Crippen molar-refractivity contribution < 1.29 is 14.4 Å². The second kappa shape index (κ2) is 10.1. The number of fused-ring (bicyclic) bond motifs is 1. The summed E-state index contributed by atoms with van der Waals surface area (Å²) in [6, 6.07) is 7.47. The Bertz CT molecular complexity index is 1030. The standard InChI is InChI=1S/C25H33N5O3/c1-14(2)20(28-23(31)17(5)26-6)25(33)30-19(13-18-11-8-12-27-22(18)30)24(32)29-21-15(3)9-7-10-16(21)4/h7-12,14,17,19-20,26H,13H2,1-6H3,(H,28,31)(H,29,32)/t17-,19-,20-/m0/s1. The minimum Gasteiger partial charge on any atom is -0.343 e. The normalized spacial score (nSPS) is 16.8. The van der Waals surface area contributed by atoms with Crippen LogP contribution in [0.2, 0.25) is 0 Å². The molecule has 0 fully saturated rings. The average molecular weight is 452 g/mol. The van der Waals surface area contributed by atoms with Crippen LogP contribution in [0.1, 0.15) is 37.5 Å². The predicted octanol–water partition coefficient (Wildman–Crippen LogP) is 2.34. The lowest BCUT2D eigenvalue weighted by molar-refractivity contribution is -0.130. The molecule has 0 bridgehead atoms. The molecule has 0 radical (unpaired) electrons. The number of carbonyl (C=O) groups excluding carboxylic acids is 3. The number of aromatic nitrogens is 1. The van der Waals surface area contributed by atoms with Crippen LogP contribution in [0.4, 0.5) is 11.5 Å². The van der Waals surface area contributed by atoms with E-state index in [-0.39, 0.29) is 23.6 Å². The Kier molecular flexibility index (Phi) is 7.48. The van der Waals surface area contributed by atoms with Gasteiger partial charge in [-0.2, -0.15) is 0 Å². The fourth-order valence-corrected chi connectivity index (χ4v) is 4.01. The Morgan fingerprint density at radius 3 is 2.33 bits per heavy atom. The molecule has 3 amide bonds. The molecule has 0 saturated heterocycles. The molecule has 1 aliphatic heterocycles. The molecule has 33 heavy (non-hydrogen) atoms. The number of aryl methyl sites for hydroxylation is 2. The fraction of sp³-hybridized carbons (Fsp3) is 0.440. The van der Waals surface area contributed by atoms with Crippen molar-refractivity contribution in [1.29, 1.82) is 0 Å². The molecule has 3 rings (SSSR count). The van der Waals surface area contributed by atoms with Gasteiger partial charge >= 0.3 is 0 Å². The Balaban J connectivity index is 1.94. The number of pyridine rings is 1. The Morgan fingerprint density at radius 1 is 1.06 bits per heavy atom. The average Bonchev–Trinajstić information content (AvgIpc) is 3.18. The van der Waals surface area contributed by atoms with Crippen molar-refractivity contribution >= 4 is 29.2 Å². The zero-order chi connectivity index (χ0) is 24.3. The minimum atomic E-state index is -0.795. The van der Waals surface area contributed by atoms with E-state index < -0.39 is 18.1 Å². The lowest BCUT2D eigenvalue weighted by Crippen LogP contribution is -2.57. The van der Waals surface area contributed by atoms with Gasteiger partial charge in [0.2, 0.25) is 11.8 Å². The van der Waals surface area contributed by atoms with Gasteiger partial charge in [-0.3, -0.25) is 19.3 Å². The van der Waals surface area contributed by atoms with Crippen LogP contribution in [0.25, 0.3) is 0 Å². The van der Waals surface area contributed by atoms with E-state index in [0.717, 1.165) is 22.4 Å². The van der Waals surface area contributed by atoms with Crippen LogP contribution in [0.15, 0.2) is 36.5 Å². The molecule has 0 unspecified atom stereocenters. The molecular formula is C25H33N5O3. The van der Waals surface area contributed by atoms with Gasteiger partial charge in [0.25, 0.3) is 5.91 Å². The van der Waals surface area contributed by atoms with Gasteiger partial charge in [0.15, 0.2) is 0 Å². The SMILES string of the molecule is CN[C@@H](C)C(=O)N[C@H](C(=O)N1c2ncccc2C[C@H]1C(=O)Nc1c(C)cccc1C)C(C)C.